The molecule has 124 valence electrons. The topological polar surface area (TPSA) is 75.1 Å². The Morgan fingerprint density at radius 1 is 1.12 bits per heavy atom. The van der Waals surface area contributed by atoms with Crippen molar-refractivity contribution in [3.05, 3.63) is 63.6 Å². The van der Waals surface area contributed by atoms with E-state index in [4.69, 9.17) is 4.42 Å². The zero-order chi connectivity index (χ0) is 17.5. The zero-order valence-corrected chi connectivity index (χ0v) is 14.2. The van der Waals surface area contributed by atoms with Crippen molar-refractivity contribution in [2.24, 2.45) is 0 Å². The molecular weight excluding hydrogens is 304 g/mol. The van der Waals surface area contributed by atoms with Crippen molar-refractivity contribution in [2.45, 2.75) is 33.1 Å². The van der Waals surface area contributed by atoms with E-state index in [2.05, 4.69) is 31.1 Å². The molecule has 0 bridgehead atoms. The van der Waals surface area contributed by atoms with E-state index < -0.39 is 5.76 Å². The second-order valence-electron chi connectivity index (χ2n) is 6.99. The largest absolute Gasteiger partial charge is 0.417 e. The van der Waals surface area contributed by atoms with Gasteiger partial charge in [0.25, 0.3) is 5.91 Å². The molecule has 1 aromatic heterocycles. The summed E-state index contributed by atoms with van der Waals surface area (Å²) in [7, 11) is 0. The number of amides is 1. The van der Waals surface area contributed by atoms with Gasteiger partial charge in [-0.2, -0.15) is 0 Å². The Morgan fingerprint density at radius 2 is 1.79 bits per heavy atom. The highest BCUT2D eigenvalue weighted by Gasteiger charge is 2.19. The van der Waals surface area contributed by atoms with Crippen molar-refractivity contribution in [1.29, 1.82) is 0 Å². The maximum Gasteiger partial charge on any atom is 0.417 e. The number of carbonyl (C=O) groups is 1. The number of anilines is 1. The molecular formula is C19H20N2O3. The van der Waals surface area contributed by atoms with Gasteiger partial charge in [-0.1, -0.05) is 38.5 Å². The molecule has 24 heavy (non-hydrogen) atoms. The minimum Gasteiger partial charge on any atom is -0.406 e. The standard InChI is InChI=1S/C19H20N2O3/c1-11-5-7-12(8-6-11)17(22)20-14-9-13(19(2,3)4)10-15-16(14)24-18(23)21-15/h5-10H,1-4H3,(H,20,22)(H,21,23). The van der Waals surface area contributed by atoms with E-state index in [-0.39, 0.29) is 11.3 Å². The molecule has 1 heterocycles. The summed E-state index contributed by atoms with van der Waals surface area (Å²) in [6.45, 7) is 8.17. The maximum absolute atomic E-state index is 12.5. The predicted octanol–water partition coefficient (Wildman–Crippen LogP) is 3.98. The van der Waals surface area contributed by atoms with E-state index in [1.807, 2.05) is 31.2 Å². The minimum atomic E-state index is -0.540. The lowest BCUT2D eigenvalue weighted by atomic mass is 9.86. The molecule has 0 radical (unpaired) electrons. The number of fused-ring (bicyclic) bond motifs is 1. The maximum atomic E-state index is 12.5. The van der Waals surface area contributed by atoms with Crippen molar-refractivity contribution in [3.63, 3.8) is 0 Å². The fourth-order valence-electron chi connectivity index (χ4n) is 2.49. The van der Waals surface area contributed by atoms with Crippen LogP contribution in [0.15, 0.2) is 45.6 Å². The van der Waals surface area contributed by atoms with E-state index in [0.29, 0.717) is 22.4 Å². The molecule has 0 saturated carbocycles. The Bertz CT molecular complexity index is 957. The number of hydrogen-bond acceptors (Lipinski definition) is 3. The molecule has 0 fully saturated rings. The molecule has 0 aliphatic rings. The van der Waals surface area contributed by atoms with Crippen molar-refractivity contribution >= 4 is 22.7 Å². The molecule has 5 heteroatoms. The number of aromatic nitrogens is 1. The Kier molecular flexibility index (Phi) is 3.79. The fourth-order valence-corrected chi connectivity index (χ4v) is 2.49. The van der Waals surface area contributed by atoms with Gasteiger partial charge >= 0.3 is 5.76 Å². The van der Waals surface area contributed by atoms with Gasteiger partial charge in [0.2, 0.25) is 0 Å². The normalized spacial score (nSPS) is 11.7. The van der Waals surface area contributed by atoms with Crippen molar-refractivity contribution < 1.29 is 9.21 Å². The lowest BCUT2D eigenvalue weighted by molar-refractivity contribution is 0.102. The van der Waals surface area contributed by atoms with Crippen LogP contribution in [0.2, 0.25) is 0 Å². The number of aromatic amines is 1. The number of rotatable bonds is 2. The Balaban J connectivity index is 2.05. The van der Waals surface area contributed by atoms with E-state index in [0.717, 1.165) is 11.1 Å². The Morgan fingerprint density at radius 3 is 2.42 bits per heavy atom. The van der Waals surface area contributed by atoms with Gasteiger partial charge in [0, 0.05) is 5.56 Å². The van der Waals surface area contributed by atoms with Gasteiger partial charge in [-0.25, -0.2) is 4.79 Å². The highest BCUT2D eigenvalue weighted by atomic mass is 16.4. The highest BCUT2D eigenvalue weighted by Crippen LogP contribution is 2.31. The van der Waals surface area contributed by atoms with Crippen LogP contribution in [0.4, 0.5) is 5.69 Å². The van der Waals surface area contributed by atoms with Gasteiger partial charge < -0.3 is 9.73 Å². The predicted molar refractivity (Wildman–Crippen MR) is 94.7 cm³/mol. The summed E-state index contributed by atoms with van der Waals surface area (Å²) in [5, 5.41) is 2.85. The molecule has 5 nitrogen and oxygen atoms in total. The third-order valence-corrected chi connectivity index (χ3v) is 3.95. The lowest BCUT2D eigenvalue weighted by Crippen LogP contribution is -2.15. The average Bonchev–Trinajstić information content (AvgIpc) is 2.87. The van der Waals surface area contributed by atoms with Crippen LogP contribution in [0.5, 0.6) is 0 Å². The number of oxazole rings is 1. The Hall–Kier alpha value is -2.82. The molecule has 0 unspecified atom stereocenters. The SMILES string of the molecule is Cc1ccc(C(=O)Nc2cc(C(C)(C)C)cc3[nH]c(=O)oc23)cc1. The number of aryl methyl sites for hydroxylation is 1. The molecule has 0 aliphatic heterocycles. The summed E-state index contributed by atoms with van der Waals surface area (Å²) in [5.74, 6) is -0.784. The van der Waals surface area contributed by atoms with Crippen LogP contribution < -0.4 is 11.1 Å². The first kappa shape index (κ1) is 16.1. The van der Waals surface area contributed by atoms with Crippen molar-refractivity contribution in [3.8, 4) is 0 Å². The summed E-state index contributed by atoms with van der Waals surface area (Å²) in [4.78, 5) is 26.7. The van der Waals surface area contributed by atoms with Gasteiger partial charge in [-0.3, -0.25) is 9.78 Å². The number of benzene rings is 2. The van der Waals surface area contributed by atoms with Crippen LogP contribution in [0.25, 0.3) is 11.1 Å². The highest BCUT2D eigenvalue weighted by molar-refractivity contribution is 6.07. The number of nitrogens with one attached hydrogen (secondary N) is 2. The molecule has 0 aliphatic carbocycles. The number of H-pyrrole nitrogens is 1. The molecule has 2 aromatic carbocycles. The van der Waals surface area contributed by atoms with Crippen LogP contribution in [0.1, 0.15) is 42.3 Å². The van der Waals surface area contributed by atoms with Crippen molar-refractivity contribution in [2.75, 3.05) is 5.32 Å². The third kappa shape index (κ3) is 3.11. The third-order valence-electron chi connectivity index (χ3n) is 3.95. The molecule has 0 atom stereocenters. The summed E-state index contributed by atoms with van der Waals surface area (Å²) in [5.41, 5.74) is 3.91. The fraction of sp³-hybridized carbons (Fsp3) is 0.263. The summed E-state index contributed by atoms with van der Waals surface area (Å²) in [6.07, 6.45) is 0. The average molecular weight is 324 g/mol. The first-order valence-electron chi connectivity index (χ1n) is 7.79. The van der Waals surface area contributed by atoms with E-state index in [1.165, 1.54) is 0 Å². The van der Waals surface area contributed by atoms with Gasteiger partial charge in [0.15, 0.2) is 5.58 Å². The zero-order valence-electron chi connectivity index (χ0n) is 14.2. The smallest absolute Gasteiger partial charge is 0.406 e. The molecule has 3 rings (SSSR count). The van der Waals surface area contributed by atoms with Crippen LogP contribution in [-0.2, 0) is 5.41 Å². The molecule has 0 spiro atoms. The van der Waals surface area contributed by atoms with Crippen LogP contribution in [0, 0.1) is 6.92 Å². The molecule has 1 amide bonds. The molecule has 2 N–H and O–H groups in total. The summed E-state index contributed by atoms with van der Waals surface area (Å²) in [6, 6.07) is 11.0. The second-order valence-corrected chi connectivity index (χ2v) is 6.99. The molecule has 3 aromatic rings. The first-order chi connectivity index (χ1) is 11.2. The van der Waals surface area contributed by atoms with Gasteiger partial charge in [-0.15, -0.1) is 0 Å². The quantitative estimate of drug-likeness (QED) is 0.748. The van der Waals surface area contributed by atoms with Crippen LogP contribution in [-0.4, -0.2) is 10.9 Å². The van der Waals surface area contributed by atoms with Gasteiger partial charge in [-0.05, 0) is 42.2 Å². The first-order valence-corrected chi connectivity index (χ1v) is 7.79. The van der Waals surface area contributed by atoms with Gasteiger partial charge in [0.05, 0.1) is 11.2 Å². The van der Waals surface area contributed by atoms with Crippen molar-refractivity contribution in [1.82, 2.24) is 4.98 Å². The van der Waals surface area contributed by atoms with Crippen LogP contribution >= 0.6 is 0 Å². The Labute approximate surface area is 139 Å². The summed E-state index contributed by atoms with van der Waals surface area (Å²) >= 11 is 0. The molecule has 0 saturated heterocycles. The van der Waals surface area contributed by atoms with E-state index in [1.54, 1.807) is 12.1 Å². The van der Waals surface area contributed by atoms with E-state index >= 15 is 0 Å². The van der Waals surface area contributed by atoms with E-state index in [9.17, 15) is 9.59 Å². The van der Waals surface area contributed by atoms with Crippen LogP contribution in [0.3, 0.4) is 0 Å². The lowest BCUT2D eigenvalue weighted by Gasteiger charge is -2.20. The number of carbonyl (C=O) groups excluding carboxylic acids is 1. The van der Waals surface area contributed by atoms with Gasteiger partial charge in [0.1, 0.15) is 0 Å². The summed E-state index contributed by atoms with van der Waals surface area (Å²) < 4.78 is 5.20. The monoisotopic (exact) mass is 324 g/mol. The number of hydrogen-bond donors (Lipinski definition) is 2. The minimum absolute atomic E-state index is 0.133. The second kappa shape index (κ2) is 5.67.